The Morgan fingerprint density at radius 3 is 3.00 bits per heavy atom. The summed E-state index contributed by atoms with van der Waals surface area (Å²) in [5, 5.41) is 13.4. The lowest BCUT2D eigenvalue weighted by Gasteiger charge is -2.25. The maximum absolute atomic E-state index is 12.7. The number of carbonyl (C=O) groups excluding carboxylic acids is 1. The molecule has 1 saturated heterocycles. The first-order valence-corrected chi connectivity index (χ1v) is 7.41. The number of amides is 1. The molecule has 1 amide bonds. The van der Waals surface area contributed by atoms with Crippen molar-refractivity contribution in [1.82, 2.24) is 4.90 Å². The number of likely N-dealkylation sites (tertiary alicyclic amines) is 1. The Hall–Kier alpha value is -1.55. The minimum absolute atomic E-state index is 0.0748. The van der Waals surface area contributed by atoms with Gasteiger partial charge in [-0.1, -0.05) is 18.2 Å². The summed E-state index contributed by atoms with van der Waals surface area (Å²) in [6.45, 7) is 3.97. The molecule has 0 radical (unpaired) electrons. The van der Waals surface area contributed by atoms with Gasteiger partial charge in [-0.3, -0.25) is 4.79 Å². The summed E-state index contributed by atoms with van der Waals surface area (Å²) in [4.78, 5) is 14.7. The van der Waals surface area contributed by atoms with E-state index in [4.69, 9.17) is 0 Å². The van der Waals surface area contributed by atoms with Crippen LogP contribution in [0.25, 0.3) is 0 Å². The van der Waals surface area contributed by atoms with Gasteiger partial charge in [0.25, 0.3) is 0 Å². The summed E-state index contributed by atoms with van der Waals surface area (Å²) in [5.74, 6) is 0.120. The topological polar surface area (TPSA) is 52.6 Å². The molecule has 1 fully saturated rings. The zero-order chi connectivity index (χ0) is 14.2. The number of anilines is 1. The largest absolute Gasteiger partial charge is 0.390 e. The smallest absolute Gasteiger partial charge is 0.231 e. The average Bonchev–Trinajstić information content (AvgIpc) is 2.77. The molecule has 0 aliphatic carbocycles. The van der Waals surface area contributed by atoms with Crippen LogP contribution in [0.15, 0.2) is 24.3 Å². The molecule has 2 unspecified atom stereocenters. The van der Waals surface area contributed by atoms with Crippen LogP contribution in [0, 0.1) is 0 Å². The number of hydrogen-bond acceptors (Lipinski definition) is 3. The van der Waals surface area contributed by atoms with Crippen LogP contribution in [-0.2, 0) is 4.79 Å². The van der Waals surface area contributed by atoms with E-state index < -0.39 is 5.60 Å². The number of fused-ring (bicyclic) bond motifs is 1. The van der Waals surface area contributed by atoms with Crippen molar-refractivity contribution in [2.45, 2.75) is 37.7 Å². The van der Waals surface area contributed by atoms with E-state index in [2.05, 4.69) is 5.32 Å². The predicted octanol–water partition coefficient (Wildman–Crippen LogP) is 1.96. The Morgan fingerprint density at radius 1 is 1.35 bits per heavy atom. The lowest BCUT2D eigenvalue weighted by Crippen LogP contribution is -2.37. The molecule has 2 N–H and O–H groups in total. The fraction of sp³-hybridized carbons (Fsp3) is 0.562. The van der Waals surface area contributed by atoms with Gasteiger partial charge >= 0.3 is 0 Å². The van der Waals surface area contributed by atoms with E-state index in [0.29, 0.717) is 19.5 Å². The maximum atomic E-state index is 12.7. The summed E-state index contributed by atoms with van der Waals surface area (Å²) in [6, 6.07) is 8.03. The summed E-state index contributed by atoms with van der Waals surface area (Å²) in [5.41, 5.74) is 1.56. The Balaban J connectivity index is 1.74. The van der Waals surface area contributed by atoms with Crippen LogP contribution >= 0.6 is 0 Å². The molecule has 2 aliphatic heterocycles. The van der Waals surface area contributed by atoms with Crippen molar-refractivity contribution in [1.29, 1.82) is 0 Å². The summed E-state index contributed by atoms with van der Waals surface area (Å²) >= 11 is 0. The Kier molecular flexibility index (Phi) is 3.42. The van der Waals surface area contributed by atoms with Gasteiger partial charge in [-0.25, -0.2) is 0 Å². The number of carbonyl (C=O) groups is 1. The first-order valence-electron chi connectivity index (χ1n) is 7.41. The molecular formula is C16H22N2O2. The lowest BCUT2D eigenvalue weighted by molar-refractivity contribution is -0.132. The number of hydrogen-bond donors (Lipinski definition) is 2. The highest BCUT2D eigenvalue weighted by atomic mass is 16.3. The molecule has 0 saturated carbocycles. The molecule has 4 nitrogen and oxygen atoms in total. The van der Waals surface area contributed by atoms with E-state index >= 15 is 0 Å². The molecule has 2 aliphatic rings. The van der Waals surface area contributed by atoms with E-state index in [0.717, 1.165) is 30.6 Å². The normalized spacial score (nSPS) is 29.5. The third-order valence-corrected chi connectivity index (χ3v) is 4.51. The summed E-state index contributed by atoms with van der Waals surface area (Å²) in [6.07, 6.45) is 2.32. The van der Waals surface area contributed by atoms with Gasteiger partial charge in [0.15, 0.2) is 0 Å². The summed E-state index contributed by atoms with van der Waals surface area (Å²) in [7, 11) is 0. The van der Waals surface area contributed by atoms with Crippen LogP contribution in [0.4, 0.5) is 5.69 Å². The van der Waals surface area contributed by atoms with Crippen LogP contribution in [0.1, 0.15) is 37.7 Å². The molecule has 0 spiro atoms. The van der Waals surface area contributed by atoms with Crippen molar-refractivity contribution in [3.05, 3.63) is 29.8 Å². The minimum atomic E-state index is -0.624. The van der Waals surface area contributed by atoms with Gasteiger partial charge in [0.05, 0.1) is 11.5 Å². The molecule has 1 aromatic carbocycles. The van der Waals surface area contributed by atoms with E-state index in [1.165, 1.54) is 0 Å². The van der Waals surface area contributed by atoms with Crippen LogP contribution in [0.3, 0.4) is 0 Å². The lowest BCUT2D eigenvalue weighted by atomic mass is 9.98. The fourth-order valence-electron chi connectivity index (χ4n) is 3.21. The van der Waals surface area contributed by atoms with Gasteiger partial charge in [-0.2, -0.15) is 0 Å². The van der Waals surface area contributed by atoms with Crippen molar-refractivity contribution >= 4 is 11.6 Å². The fourth-order valence-corrected chi connectivity index (χ4v) is 3.21. The highest BCUT2D eigenvalue weighted by Crippen LogP contribution is 2.33. The van der Waals surface area contributed by atoms with Crippen LogP contribution in [0.2, 0.25) is 0 Å². The molecule has 0 bridgehead atoms. The van der Waals surface area contributed by atoms with Gasteiger partial charge < -0.3 is 15.3 Å². The van der Waals surface area contributed by atoms with Gasteiger partial charge in [0, 0.05) is 25.3 Å². The first-order chi connectivity index (χ1) is 9.57. The molecule has 1 aromatic rings. The minimum Gasteiger partial charge on any atom is -0.390 e. The van der Waals surface area contributed by atoms with Gasteiger partial charge in [-0.15, -0.1) is 0 Å². The number of nitrogens with one attached hydrogen (secondary N) is 1. The van der Waals surface area contributed by atoms with E-state index in [1.807, 2.05) is 36.1 Å². The van der Waals surface area contributed by atoms with E-state index in [9.17, 15) is 9.90 Å². The van der Waals surface area contributed by atoms with Gasteiger partial charge in [0.1, 0.15) is 0 Å². The Morgan fingerprint density at radius 2 is 2.15 bits per heavy atom. The molecule has 108 valence electrons. The van der Waals surface area contributed by atoms with Crippen molar-refractivity contribution < 1.29 is 9.90 Å². The van der Waals surface area contributed by atoms with E-state index in [1.54, 1.807) is 0 Å². The molecule has 3 rings (SSSR count). The monoisotopic (exact) mass is 274 g/mol. The number of benzene rings is 1. The van der Waals surface area contributed by atoms with Crippen molar-refractivity contribution in [3.63, 3.8) is 0 Å². The number of rotatable bonds is 1. The van der Waals surface area contributed by atoms with Crippen molar-refractivity contribution in [2.75, 3.05) is 25.0 Å². The number of aliphatic hydroxyl groups is 1. The summed E-state index contributed by atoms with van der Waals surface area (Å²) < 4.78 is 0. The Labute approximate surface area is 119 Å². The van der Waals surface area contributed by atoms with Crippen LogP contribution < -0.4 is 5.32 Å². The zero-order valence-corrected chi connectivity index (χ0v) is 11.9. The van der Waals surface area contributed by atoms with Crippen LogP contribution in [0.5, 0.6) is 0 Å². The molecule has 2 heterocycles. The SMILES string of the molecule is CC1(O)CCCN(C(=O)C2CNc3ccccc32)CC1. The third kappa shape index (κ3) is 2.52. The van der Waals surface area contributed by atoms with Crippen molar-refractivity contribution in [2.24, 2.45) is 0 Å². The second kappa shape index (κ2) is 5.09. The molecule has 2 atom stereocenters. The predicted molar refractivity (Wildman–Crippen MR) is 78.7 cm³/mol. The molecule has 20 heavy (non-hydrogen) atoms. The molecule has 4 heteroatoms. The highest BCUT2D eigenvalue weighted by Gasteiger charge is 2.34. The zero-order valence-electron chi connectivity index (χ0n) is 11.9. The van der Waals surface area contributed by atoms with Gasteiger partial charge in [0.2, 0.25) is 5.91 Å². The second-order valence-electron chi connectivity index (χ2n) is 6.20. The Bertz CT molecular complexity index is 513. The number of nitrogens with zero attached hydrogens (tertiary/aromatic N) is 1. The number of para-hydroxylation sites is 1. The molecular weight excluding hydrogens is 252 g/mol. The molecule has 0 aromatic heterocycles. The quantitative estimate of drug-likeness (QED) is 0.823. The van der Waals surface area contributed by atoms with E-state index in [-0.39, 0.29) is 11.8 Å². The van der Waals surface area contributed by atoms with Crippen LogP contribution in [-0.4, -0.2) is 41.1 Å². The highest BCUT2D eigenvalue weighted by molar-refractivity contribution is 5.88. The average molecular weight is 274 g/mol. The third-order valence-electron chi connectivity index (χ3n) is 4.51. The second-order valence-corrected chi connectivity index (χ2v) is 6.20. The van der Waals surface area contributed by atoms with Gasteiger partial charge in [-0.05, 0) is 37.8 Å². The standard InChI is InChI=1S/C16H22N2O2/c1-16(20)7-4-9-18(10-8-16)15(19)13-11-17-14-6-3-2-5-12(13)14/h2-3,5-6,13,17,20H,4,7-11H2,1H3. The van der Waals surface area contributed by atoms with Crippen molar-refractivity contribution in [3.8, 4) is 0 Å². The maximum Gasteiger partial charge on any atom is 0.231 e. The first kappa shape index (κ1) is 13.4.